The highest BCUT2D eigenvalue weighted by atomic mass is 35.5. The molecule has 0 fully saturated rings. The second-order valence-corrected chi connectivity index (χ2v) is 5.22. The standard InChI is InChI=1S/C14H15ClN4O3/c1-9(11-6-4-3-5-7-11)16-12(20)8-18-10(2)13(15)14(17-18)19(21)22/h3-7,9H,8H2,1-2H3,(H,16,20)/t9-/m0/s1. The molecule has 116 valence electrons. The van der Waals surface area contributed by atoms with Crippen molar-refractivity contribution in [3.05, 3.63) is 56.7 Å². The average Bonchev–Trinajstić information content (AvgIpc) is 2.76. The first-order valence-corrected chi connectivity index (χ1v) is 6.99. The van der Waals surface area contributed by atoms with Gasteiger partial charge in [0.15, 0.2) is 5.02 Å². The van der Waals surface area contributed by atoms with E-state index in [1.165, 1.54) is 4.68 Å². The van der Waals surface area contributed by atoms with Gasteiger partial charge in [0.05, 0.1) is 16.8 Å². The van der Waals surface area contributed by atoms with Crippen molar-refractivity contribution in [2.24, 2.45) is 0 Å². The van der Waals surface area contributed by atoms with Gasteiger partial charge in [0.25, 0.3) is 0 Å². The van der Waals surface area contributed by atoms with Crippen LogP contribution in [0.1, 0.15) is 24.2 Å². The Bertz CT molecular complexity index is 700. The Morgan fingerprint density at radius 2 is 2.09 bits per heavy atom. The molecule has 1 N–H and O–H groups in total. The molecule has 0 radical (unpaired) electrons. The van der Waals surface area contributed by atoms with Crippen LogP contribution in [-0.4, -0.2) is 20.6 Å². The van der Waals surface area contributed by atoms with E-state index in [1.807, 2.05) is 37.3 Å². The van der Waals surface area contributed by atoms with Crippen molar-refractivity contribution in [3.8, 4) is 0 Å². The number of nitro groups is 1. The molecule has 7 nitrogen and oxygen atoms in total. The van der Waals surface area contributed by atoms with Gasteiger partial charge >= 0.3 is 5.82 Å². The average molecular weight is 323 g/mol. The van der Waals surface area contributed by atoms with E-state index in [0.29, 0.717) is 5.69 Å². The summed E-state index contributed by atoms with van der Waals surface area (Å²) in [6, 6.07) is 9.32. The minimum Gasteiger partial charge on any atom is -0.358 e. The predicted octanol–water partition coefficient (Wildman–Crippen LogP) is 2.63. The zero-order valence-corrected chi connectivity index (χ0v) is 12.9. The molecule has 0 saturated carbocycles. The molecule has 1 heterocycles. The third-order valence-electron chi connectivity index (χ3n) is 3.26. The Labute approximate surface area is 132 Å². The lowest BCUT2D eigenvalue weighted by molar-refractivity contribution is -0.389. The molecule has 1 atom stereocenters. The summed E-state index contributed by atoms with van der Waals surface area (Å²) in [5, 5.41) is 17.3. The summed E-state index contributed by atoms with van der Waals surface area (Å²) in [4.78, 5) is 22.2. The summed E-state index contributed by atoms with van der Waals surface area (Å²) in [5.41, 5.74) is 1.35. The molecule has 1 amide bonds. The first-order valence-electron chi connectivity index (χ1n) is 6.61. The van der Waals surface area contributed by atoms with Gasteiger partial charge in [-0.05, 0) is 24.3 Å². The number of hydrogen-bond donors (Lipinski definition) is 1. The summed E-state index contributed by atoms with van der Waals surface area (Å²) in [7, 11) is 0. The molecule has 0 aliphatic carbocycles. The quantitative estimate of drug-likeness (QED) is 0.676. The Kier molecular flexibility index (Phi) is 4.77. The molecule has 1 aromatic heterocycles. The number of hydrogen-bond acceptors (Lipinski definition) is 4. The van der Waals surface area contributed by atoms with Crippen LogP contribution in [0.15, 0.2) is 30.3 Å². The fraction of sp³-hybridized carbons (Fsp3) is 0.286. The fourth-order valence-corrected chi connectivity index (χ4v) is 2.23. The minimum absolute atomic E-state index is 0.0473. The maximum atomic E-state index is 12.1. The number of carbonyl (C=O) groups is 1. The molecule has 0 aliphatic rings. The third-order valence-corrected chi connectivity index (χ3v) is 3.70. The number of aromatic nitrogens is 2. The fourth-order valence-electron chi connectivity index (χ4n) is 2.03. The minimum atomic E-state index is -0.670. The molecule has 8 heteroatoms. The summed E-state index contributed by atoms with van der Waals surface area (Å²) >= 11 is 5.84. The third kappa shape index (κ3) is 3.43. The van der Waals surface area contributed by atoms with Crippen LogP contribution in [0.4, 0.5) is 5.82 Å². The summed E-state index contributed by atoms with van der Waals surface area (Å²) < 4.78 is 1.23. The largest absolute Gasteiger partial charge is 0.408 e. The highest BCUT2D eigenvalue weighted by Gasteiger charge is 2.25. The molecule has 0 aliphatic heterocycles. The van der Waals surface area contributed by atoms with Gasteiger partial charge in [0.2, 0.25) is 5.91 Å². The molecular weight excluding hydrogens is 308 g/mol. The molecule has 2 aromatic rings. The molecule has 1 aromatic carbocycles. The van der Waals surface area contributed by atoms with E-state index in [-0.39, 0.29) is 23.5 Å². The lowest BCUT2D eigenvalue weighted by Crippen LogP contribution is -2.30. The van der Waals surface area contributed by atoms with Gasteiger partial charge in [-0.3, -0.25) is 4.79 Å². The van der Waals surface area contributed by atoms with Crippen molar-refractivity contribution in [2.75, 3.05) is 0 Å². The van der Waals surface area contributed by atoms with Crippen LogP contribution in [-0.2, 0) is 11.3 Å². The van der Waals surface area contributed by atoms with Crippen molar-refractivity contribution < 1.29 is 9.72 Å². The SMILES string of the molecule is Cc1c(Cl)c([N+](=O)[O-])nn1CC(=O)N[C@@H](C)c1ccccc1. The van der Waals surface area contributed by atoms with Crippen molar-refractivity contribution in [1.29, 1.82) is 0 Å². The molecule has 0 spiro atoms. The Morgan fingerprint density at radius 3 is 2.64 bits per heavy atom. The number of nitrogens with one attached hydrogen (secondary N) is 1. The van der Waals surface area contributed by atoms with Gasteiger partial charge in [0, 0.05) is 0 Å². The van der Waals surface area contributed by atoms with Crippen molar-refractivity contribution in [1.82, 2.24) is 15.1 Å². The van der Waals surface area contributed by atoms with Gasteiger partial charge in [0.1, 0.15) is 6.54 Å². The smallest absolute Gasteiger partial charge is 0.358 e. The number of benzene rings is 1. The maximum Gasteiger partial charge on any atom is 0.408 e. The van der Waals surface area contributed by atoms with Crippen LogP contribution >= 0.6 is 11.6 Å². The lowest BCUT2D eigenvalue weighted by atomic mass is 10.1. The summed E-state index contributed by atoms with van der Waals surface area (Å²) in [6.07, 6.45) is 0. The van der Waals surface area contributed by atoms with E-state index < -0.39 is 10.7 Å². The topological polar surface area (TPSA) is 90.1 Å². The van der Waals surface area contributed by atoms with Crippen molar-refractivity contribution in [2.45, 2.75) is 26.4 Å². The predicted molar refractivity (Wildman–Crippen MR) is 81.6 cm³/mol. The molecule has 0 saturated heterocycles. The van der Waals surface area contributed by atoms with Gasteiger partial charge < -0.3 is 15.4 Å². The van der Waals surface area contributed by atoms with Crippen molar-refractivity contribution >= 4 is 23.3 Å². The number of rotatable bonds is 5. The van der Waals surface area contributed by atoms with Gasteiger partial charge in [-0.25, -0.2) is 0 Å². The van der Waals surface area contributed by atoms with Gasteiger partial charge in [-0.1, -0.05) is 41.9 Å². The van der Waals surface area contributed by atoms with Gasteiger partial charge in [-0.2, -0.15) is 4.68 Å². The summed E-state index contributed by atoms with van der Waals surface area (Å²) in [5.74, 6) is -0.739. The van der Waals surface area contributed by atoms with E-state index >= 15 is 0 Å². The first kappa shape index (κ1) is 16.0. The van der Waals surface area contributed by atoms with E-state index in [4.69, 9.17) is 11.6 Å². The van der Waals surface area contributed by atoms with Gasteiger partial charge in [-0.15, -0.1) is 0 Å². The van der Waals surface area contributed by atoms with E-state index in [1.54, 1.807) is 6.92 Å². The molecule has 22 heavy (non-hydrogen) atoms. The molecule has 2 rings (SSSR count). The van der Waals surface area contributed by atoms with E-state index in [0.717, 1.165) is 5.56 Å². The van der Waals surface area contributed by atoms with Crippen LogP contribution in [0.25, 0.3) is 0 Å². The second-order valence-electron chi connectivity index (χ2n) is 4.84. The van der Waals surface area contributed by atoms with E-state index in [9.17, 15) is 14.9 Å². The normalized spacial score (nSPS) is 12.0. The number of halogens is 1. The monoisotopic (exact) mass is 322 g/mol. The van der Waals surface area contributed by atoms with Crippen LogP contribution in [0.5, 0.6) is 0 Å². The Hall–Kier alpha value is -2.41. The maximum absolute atomic E-state index is 12.1. The van der Waals surface area contributed by atoms with Crippen LogP contribution in [0, 0.1) is 17.0 Å². The number of nitrogens with zero attached hydrogens (tertiary/aromatic N) is 3. The molecule has 0 bridgehead atoms. The first-order chi connectivity index (χ1) is 10.4. The van der Waals surface area contributed by atoms with Crippen molar-refractivity contribution in [3.63, 3.8) is 0 Å². The van der Waals surface area contributed by atoms with Crippen LogP contribution in [0.3, 0.4) is 0 Å². The highest BCUT2D eigenvalue weighted by molar-refractivity contribution is 6.33. The van der Waals surface area contributed by atoms with E-state index in [2.05, 4.69) is 10.4 Å². The van der Waals surface area contributed by atoms with Crippen LogP contribution < -0.4 is 5.32 Å². The number of amides is 1. The lowest BCUT2D eigenvalue weighted by Gasteiger charge is -2.13. The molecule has 0 unspecified atom stereocenters. The zero-order valence-electron chi connectivity index (χ0n) is 12.1. The molecular formula is C14H15ClN4O3. The highest BCUT2D eigenvalue weighted by Crippen LogP contribution is 2.26. The van der Waals surface area contributed by atoms with Crippen LogP contribution in [0.2, 0.25) is 5.02 Å². The summed E-state index contributed by atoms with van der Waals surface area (Å²) in [6.45, 7) is 3.31. The number of carbonyl (C=O) groups excluding carboxylic acids is 1. The zero-order chi connectivity index (χ0) is 16.3. The Balaban J connectivity index is 2.07. The second kappa shape index (κ2) is 6.57. The Morgan fingerprint density at radius 1 is 1.45 bits per heavy atom.